The Kier molecular flexibility index (Phi) is 5.79. The number of aryl methyl sites for hydroxylation is 2. The fraction of sp³-hybridized carbons (Fsp3) is 0.217. The van der Waals surface area contributed by atoms with Gasteiger partial charge in [0.05, 0.1) is 11.3 Å². The zero-order chi connectivity index (χ0) is 21.8. The van der Waals surface area contributed by atoms with Gasteiger partial charge in [0.2, 0.25) is 5.89 Å². The molecule has 4 rings (SSSR count). The van der Waals surface area contributed by atoms with E-state index in [1.165, 1.54) is 0 Å². The summed E-state index contributed by atoms with van der Waals surface area (Å²) in [4.78, 5) is 12.8. The molecule has 4 aromatic rings. The van der Waals surface area contributed by atoms with Crippen molar-refractivity contribution in [2.24, 2.45) is 0 Å². The van der Waals surface area contributed by atoms with Crippen molar-refractivity contribution in [2.75, 3.05) is 0 Å². The molecule has 0 radical (unpaired) electrons. The van der Waals surface area contributed by atoms with E-state index in [9.17, 15) is 4.79 Å². The molecule has 158 valence electrons. The minimum Gasteiger partial charge on any atom is -0.488 e. The summed E-state index contributed by atoms with van der Waals surface area (Å²) in [5.41, 5.74) is 2.68. The molecule has 0 saturated heterocycles. The summed E-state index contributed by atoms with van der Waals surface area (Å²) >= 11 is 0. The molecular weight excluding hydrogens is 398 g/mol. The number of carbonyl (C=O) groups excluding carboxylic acids is 1. The van der Waals surface area contributed by atoms with Crippen LogP contribution < -0.4 is 4.74 Å². The van der Waals surface area contributed by atoms with Crippen LogP contribution in [0.4, 0.5) is 0 Å². The number of rotatable bonds is 7. The van der Waals surface area contributed by atoms with Gasteiger partial charge in [-0.05, 0) is 45.0 Å². The standard InChI is InChI=1S/C23H21N3O5/c1-14-19(15(2)31-26-14)13-28-20-12-8-7-11-18(20)23(27)29-16(3)21-24-25-22(30-21)17-9-5-4-6-10-17/h4-12,16H,13H2,1-3H3. The predicted molar refractivity (Wildman–Crippen MR) is 110 cm³/mol. The Bertz CT molecular complexity index is 1160. The first-order valence-electron chi connectivity index (χ1n) is 9.76. The maximum atomic E-state index is 12.8. The zero-order valence-electron chi connectivity index (χ0n) is 17.4. The topological polar surface area (TPSA) is 100 Å². The summed E-state index contributed by atoms with van der Waals surface area (Å²) in [7, 11) is 0. The maximum Gasteiger partial charge on any atom is 0.342 e. The molecule has 0 saturated carbocycles. The molecule has 0 aliphatic rings. The van der Waals surface area contributed by atoms with Crippen molar-refractivity contribution in [3.8, 4) is 17.2 Å². The van der Waals surface area contributed by atoms with E-state index in [2.05, 4.69) is 15.4 Å². The van der Waals surface area contributed by atoms with Crippen LogP contribution in [-0.2, 0) is 11.3 Å². The quantitative estimate of drug-likeness (QED) is 0.392. The van der Waals surface area contributed by atoms with Gasteiger partial charge in [0.15, 0.2) is 6.10 Å². The van der Waals surface area contributed by atoms with E-state index in [1.807, 2.05) is 44.2 Å². The number of para-hydroxylation sites is 1. The van der Waals surface area contributed by atoms with E-state index >= 15 is 0 Å². The summed E-state index contributed by atoms with van der Waals surface area (Å²) in [6.07, 6.45) is -0.729. The van der Waals surface area contributed by atoms with Gasteiger partial charge in [-0.1, -0.05) is 35.5 Å². The molecule has 8 nitrogen and oxygen atoms in total. The van der Waals surface area contributed by atoms with Crippen molar-refractivity contribution < 1.29 is 23.2 Å². The smallest absolute Gasteiger partial charge is 0.342 e. The Balaban J connectivity index is 1.46. The third kappa shape index (κ3) is 4.48. The lowest BCUT2D eigenvalue weighted by Gasteiger charge is -2.13. The minimum atomic E-state index is -0.729. The van der Waals surface area contributed by atoms with Crippen molar-refractivity contribution >= 4 is 5.97 Å². The Morgan fingerprint density at radius 2 is 1.77 bits per heavy atom. The second-order valence-corrected chi connectivity index (χ2v) is 6.95. The summed E-state index contributed by atoms with van der Waals surface area (Å²) in [6, 6.07) is 16.2. The van der Waals surface area contributed by atoms with Crippen LogP contribution >= 0.6 is 0 Å². The highest BCUT2D eigenvalue weighted by molar-refractivity contribution is 5.92. The van der Waals surface area contributed by atoms with Crippen molar-refractivity contribution in [2.45, 2.75) is 33.5 Å². The van der Waals surface area contributed by atoms with E-state index in [-0.39, 0.29) is 12.5 Å². The number of ether oxygens (including phenoxy) is 2. The molecule has 0 bridgehead atoms. The van der Waals surface area contributed by atoms with Gasteiger partial charge in [-0.3, -0.25) is 0 Å². The first kappa shape index (κ1) is 20.3. The lowest BCUT2D eigenvalue weighted by molar-refractivity contribution is 0.0275. The third-order valence-electron chi connectivity index (χ3n) is 4.75. The van der Waals surface area contributed by atoms with Gasteiger partial charge >= 0.3 is 5.97 Å². The van der Waals surface area contributed by atoms with Crippen LogP contribution in [0.1, 0.15) is 46.3 Å². The Morgan fingerprint density at radius 3 is 2.52 bits per heavy atom. The third-order valence-corrected chi connectivity index (χ3v) is 4.75. The second-order valence-electron chi connectivity index (χ2n) is 6.95. The molecule has 2 aromatic carbocycles. The molecule has 1 unspecified atom stereocenters. The van der Waals surface area contributed by atoms with Crippen molar-refractivity contribution in [1.82, 2.24) is 15.4 Å². The van der Waals surface area contributed by atoms with E-state index in [4.69, 9.17) is 18.4 Å². The van der Waals surface area contributed by atoms with Gasteiger partial charge in [-0.25, -0.2) is 4.79 Å². The van der Waals surface area contributed by atoms with Crippen LogP contribution in [0.15, 0.2) is 63.5 Å². The van der Waals surface area contributed by atoms with Gasteiger partial charge in [-0.2, -0.15) is 0 Å². The highest BCUT2D eigenvalue weighted by Crippen LogP contribution is 2.26. The van der Waals surface area contributed by atoms with Crippen LogP contribution in [0.5, 0.6) is 5.75 Å². The molecule has 0 N–H and O–H groups in total. The van der Waals surface area contributed by atoms with E-state index in [0.29, 0.717) is 23.0 Å². The fourth-order valence-electron chi connectivity index (χ4n) is 2.99. The summed E-state index contributed by atoms with van der Waals surface area (Å²) in [5, 5.41) is 12.0. The van der Waals surface area contributed by atoms with Gasteiger partial charge in [-0.15, -0.1) is 10.2 Å². The normalized spacial score (nSPS) is 11.8. The number of esters is 1. The van der Waals surface area contributed by atoms with Crippen LogP contribution in [0.3, 0.4) is 0 Å². The Hall–Kier alpha value is -3.94. The number of benzene rings is 2. The molecule has 0 aliphatic carbocycles. The van der Waals surface area contributed by atoms with Gasteiger partial charge < -0.3 is 18.4 Å². The summed E-state index contributed by atoms with van der Waals surface area (Å²) in [5.74, 6) is 1.09. The molecule has 0 fully saturated rings. The van der Waals surface area contributed by atoms with E-state index in [0.717, 1.165) is 16.8 Å². The molecule has 2 aromatic heterocycles. The van der Waals surface area contributed by atoms with Gasteiger partial charge in [0.25, 0.3) is 5.89 Å². The first-order valence-corrected chi connectivity index (χ1v) is 9.76. The van der Waals surface area contributed by atoms with Crippen LogP contribution in [0.25, 0.3) is 11.5 Å². The maximum absolute atomic E-state index is 12.8. The number of hydrogen-bond acceptors (Lipinski definition) is 8. The van der Waals surface area contributed by atoms with Crippen molar-refractivity contribution in [3.63, 3.8) is 0 Å². The van der Waals surface area contributed by atoms with E-state index in [1.54, 1.807) is 31.2 Å². The fourth-order valence-corrected chi connectivity index (χ4v) is 2.99. The highest BCUT2D eigenvalue weighted by Gasteiger charge is 2.22. The number of carbonyl (C=O) groups is 1. The molecule has 1 atom stereocenters. The average molecular weight is 419 g/mol. The Labute approximate surface area is 178 Å². The summed E-state index contributed by atoms with van der Waals surface area (Å²) < 4.78 is 22.2. The lowest BCUT2D eigenvalue weighted by atomic mass is 10.2. The van der Waals surface area contributed by atoms with Crippen LogP contribution in [0, 0.1) is 13.8 Å². The molecule has 0 amide bonds. The van der Waals surface area contributed by atoms with Crippen molar-refractivity contribution in [1.29, 1.82) is 0 Å². The van der Waals surface area contributed by atoms with Crippen molar-refractivity contribution in [3.05, 3.63) is 83.1 Å². The second kappa shape index (κ2) is 8.83. The minimum absolute atomic E-state index is 0.210. The summed E-state index contributed by atoms with van der Waals surface area (Å²) in [6.45, 7) is 5.55. The SMILES string of the molecule is Cc1noc(C)c1COc1ccccc1C(=O)OC(C)c1nnc(-c2ccccc2)o1. The monoisotopic (exact) mass is 419 g/mol. The predicted octanol–water partition coefficient (Wildman–Crippen LogP) is 4.84. The van der Waals surface area contributed by atoms with Crippen LogP contribution in [-0.4, -0.2) is 21.3 Å². The van der Waals surface area contributed by atoms with Crippen LogP contribution in [0.2, 0.25) is 0 Å². The molecular formula is C23H21N3O5. The van der Waals surface area contributed by atoms with Gasteiger partial charge in [0.1, 0.15) is 23.7 Å². The number of hydrogen-bond donors (Lipinski definition) is 0. The highest BCUT2D eigenvalue weighted by atomic mass is 16.6. The van der Waals surface area contributed by atoms with Gasteiger partial charge in [0, 0.05) is 5.56 Å². The Morgan fingerprint density at radius 1 is 1.03 bits per heavy atom. The number of aromatic nitrogens is 3. The molecule has 31 heavy (non-hydrogen) atoms. The molecule has 8 heteroatoms. The average Bonchev–Trinajstić information content (AvgIpc) is 3.40. The largest absolute Gasteiger partial charge is 0.488 e. The molecule has 2 heterocycles. The lowest BCUT2D eigenvalue weighted by Crippen LogP contribution is -2.11. The molecule has 0 aliphatic heterocycles. The molecule has 0 spiro atoms. The number of nitrogens with zero attached hydrogens (tertiary/aromatic N) is 3. The van der Waals surface area contributed by atoms with E-state index < -0.39 is 12.1 Å². The first-order chi connectivity index (χ1) is 15.0. The zero-order valence-corrected chi connectivity index (χ0v) is 17.4.